The number of thiophene rings is 1. The molecule has 1 heterocycles. The topological polar surface area (TPSA) is 72.2 Å². The summed E-state index contributed by atoms with van der Waals surface area (Å²) in [6.45, 7) is 3.43. The summed E-state index contributed by atoms with van der Waals surface area (Å²) < 4.78 is 1.18. The lowest BCUT2D eigenvalue weighted by Gasteiger charge is -2.12. The molecule has 0 aliphatic rings. The van der Waals surface area contributed by atoms with Crippen molar-refractivity contribution in [2.45, 2.75) is 26.3 Å². The predicted molar refractivity (Wildman–Crippen MR) is 77.1 cm³/mol. The van der Waals surface area contributed by atoms with Gasteiger partial charge < -0.3 is 11.1 Å². The average molecular weight is 276 g/mol. The highest BCUT2D eigenvalue weighted by atomic mass is 32.1. The highest BCUT2D eigenvalue weighted by Crippen LogP contribution is 2.28. The summed E-state index contributed by atoms with van der Waals surface area (Å²) in [7, 11) is 0. The molecule has 5 heteroatoms. The molecule has 0 aliphatic carbocycles. The molecule has 1 aromatic heterocycles. The van der Waals surface area contributed by atoms with Crippen molar-refractivity contribution < 1.29 is 9.59 Å². The molecule has 0 saturated heterocycles. The summed E-state index contributed by atoms with van der Waals surface area (Å²) >= 11 is 1.63. The minimum Gasteiger partial charge on any atom is -0.368 e. The van der Waals surface area contributed by atoms with Crippen LogP contribution in [-0.4, -0.2) is 17.9 Å². The van der Waals surface area contributed by atoms with Gasteiger partial charge in [-0.05, 0) is 30.0 Å². The highest BCUT2D eigenvalue weighted by molar-refractivity contribution is 7.19. The smallest absolute Gasteiger partial charge is 0.240 e. The van der Waals surface area contributed by atoms with Gasteiger partial charge in [-0.1, -0.05) is 12.1 Å². The van der Waals surface area contributed by atoms with Crippen LogP contribution >= 0.6 is 11.3 Å². The SMILES string of the molecule is CC(=O)N[C@H](Cc1cc2c(C)cccc2s1)C(N)=O. The molecule has 1 atom stereocenters. The molecule has 4 nitrogen and oxygen atoms in total. The summed E-state index contributed by atoms with van der Waals surface area (Å²) in [5, 5.41) is 3.77. The number of rotatable bonds is 4. The molecule has 100 valence electrons. The Balaban J connectivity index is 2.26. The van der Waals surface area contributed by atoms with E-state index in [4.69, 9.17) is 5.73 Å². The zero-order valence-electron chi connectivity index (χ0n) is 10.9. The van der Waals surface area contributed by atoms with Gasteiger partial charge in [0.1, 0.15) is 6.04 Å². The number of hydrogen-bond donors (Lipinski definition) is 2. The monoisotopic (exact) mass is 276 g/mol. The van der Waals surface area contributed by atoms with Crippen molar-refractivity contribution in [2.24, 2.45) is 5.73 Å². The van der Waals surface area contributed by atoms with Gasteiger partial charge in [-0.15, -0.1) is 11.3 Å². The molecular formula is C14H16N2O2S. The molecule has 0 spiro atoms. The molecule has 3 N–H and O–H groups in total. The van der Waals surface area contributed by atoms with E-state index in [2.05, 4.69) is 24.4 Å². The van der Waals surface area contributed by atoms with Crippen LogP contribution in [0.3, 0.4) is 0 Å². The third kappa shape index (κ3) is 3.12. The third-order valence-corrected chi connectivity index (χ3v) is 4.08. The Morgan fingerprint density at radius 3 is 2.74 bits per heavy atom. The molecule has 2 amide bonds. The number of carbonyl (C=O) groups is 2. The summed E-state index contributed by atoms with van der Waals surface area (Å²) in [5.74, 6) is -0.759. The molecule has 0 fully saturated rings. The quantitative estimate of drug-likeness (QED) is 0.893. The van der Waals surface area contributed by atoms with E-state index < -0.39 is 11.9 Å². The van der Waals surface area contributed by atoms with Gasteiger partial charge in [0.2, 0.25) is 11.8 Å². The Bertz CT molecular complexity index is 633. The minimum absolute atomic E-state index is 0.249. The number of nitrogens with one attached hydrogen (secondary N) is 1. The van der Waals surface area contributed by atoms with Gasteiger partial charge in [-0.2, -0.15) is 0 Å². The number of nitrogens with two attached hydrogens (primary N) is 1. The van der Waals surface area contributed by atoms with E-state index in [1.54, 1.807) is 11.3 Å². The van der Waals surface area contributed by atoms with Crippen molar-refractivity contribution in [3.63, 3.8) is 0 Å². The van der Waals surface area contributed by atoms with Crippen LogP contribution in [0.4, 0.5) is 0 Å². The fourth-order valence-electron chi connectivity index (χ4n) is 2.03. The lowest BCUT2D eigenvalue weighted by molar-refractivity contribution is -0.126. The number of fused-ring (bicyclic) bond motifs is 1. The van der Waals surface area contributed by atoms with Gasteiger partial charge in [-0.25, -0.2) is 0 Å². The Kier molecular flexibility index (Phi) is 3.85. The first-order chi connectivity index (χ1) is 8.97. The largest absolute Gasteiger partial charge is 0.368 e. The first-order valence-corrected chi connectivity index (χ1v) is 6.83. The van der Waals surface area contributed by atoms with Crippen LogP contribution in [0.25, 0.3) is 10.1 Å². The van der Waals surface area contributed by atoms with Gasteiger partial charge >= 0.3 is 0 Å². The van der Waals surface area contributed by atoms with E-state index in [9.17, 15) is 9.59 Å². The van der Waals surface area contributed by atoms with Gasteiger partial charge in [0.05, 0.1) is 0 Å². The molecule has 0 aliphatic heterocycles. The zero-order chi connectivity index (χ0) is 14.0. The molecule has 2 rings (SSSR count). The van der Waals surface area contributed by atoms with Crippen LogP contribution in [0.2, 0.25) is 0 Å². The van der Waals surface area contributed by atoms with E-state index in [1.165, 1.54) is 22.6 Å². The van der Waals surface area contributed by atoms with Gasteiger partial charge in [0, 0.05) is 22.9 Å². The molecular weight excluding hydrogens is 260 g/mol. The van der Waals surface area contributed by atoms with Crippen LogP contribution in [0, 0.1) is 6.92 Å². The van der Waals surface area contributed by atoms with Gasteiger partial charge in [0.25, 0.3) is 0 Å². The Morgan fingerprint density at radius 1 is 1.42 bits per heavy atom. The fraction of sp³-hybridized carbons (Fsp3) is 0.286. The number of benzene rings is 1. The standard InChI is InChI=1S/C14H16N2O2S/c1-8-4-3-5-13-11(8)6-10(19-13)7-12(14(15)18)16-9(2)17/h3-6,12H,7H2,1-2H3,(H2,15,18)(H,16,17)/t12-/m1/s1. The van der Waals surface area contributed by atoms with Crippen molar-refractivity contribution in [1.29, 1.82) is 0 Å². The third-order valence-electron chi connectivity index (χ3n) is 2.96. The van der Waals surface area contributed by atoms with Gasteiger partial charge in [0.15, 0.2) is 0 Å². The second-order valence-electron chi connectivity index (χ2n) is 4.56. The Labute approximate surface area is 115 Å². The predicted octanol–water partition coefficient (Wildman–Crippen LogP) is 1.74. The zero-order valence-corrected chi connectivity index (χ0v) is 11.7. The average Bonchev–Trinajstić information content (AvgIpc) is 2.71. The maximum Gasteiger partial charge on any atom is 0.240 e. The normalized spacial score (nSPS) is 12.3. The molecule has 19 heavy (non-hydrogen) atoms. The molecule has 0 unspecified atom stereocenters. The summed E-state index contributed by atoms with van der Waals surface area (Å²) in [4.78, 5) is 23.4. The van der Waals surface area contributed by atoms with E-state index >= 15 is 0 Å². The van der Waals surface area contributed by atoms with Crippen LogP contribution in [0.1, 0.15) is 17.4 Å². The van der Waals surface area contributed by atoms with Crippen LogP contribution in [0.15, 0.2) is 24.3 Å². The van der Waals surface area contributed by atoms with Crippen molar-refractivity contribution in [2.75, 3.05) is 0 Å². The number of amides is 2. The number of carbonyl (C=O) groups excluding carboxylic acids is 2. The van der Waals surface area contributed by atoms with E-state index in [0.29, 0.717) is 6.42 Å². The second kappa shape index (κ2) is 5.40. The fourth-order valence-corrected chi connectivity index (χ4v) is 3.21. The highest BCUT2D eigenvalue weighted by Gasteiger charge is 2.18. The first-order valence-electron chi connectivity index (χ1n) is 6.02. The maximum absolute atomic E-state index is 11.3. The maximum atomic E-state index is 11.3. The van der Waals surface area contributed by atoms with Crippen molar-refractivity contribution >= 4 is 33.2 Å². The molecule has 0 bridgehead atoms. The molecule has 0 saturated carbocycles. The van der Waals surface area contributed by atoms with Crippen molar-refractivity contribution in [3.8, 4) is 0 Å². The van der Waals surface area contributed by atoms with Crippen molar-refractivity contribution in [3.05, 3.63) is 34.7 Å². The van der Waals surface area contributed by atoms with Crippen LogP contribution in [0.5, 0.6) is 0 Å². The Hall–Kier alpha value is -1.88. The minimum atomic E-state index is -0.647. The molecule has 2 aromatic rings. The van der Waals surface area contributed by atoms with Crippen LogP contribution < -0.4 is 11.1 Å². The number of primary amides is 1. The van der Waals surface area contributed by atoms with E-state index in [0.717, 1.165) is 4.88 Å². The van der Waals surface area contributed by atoms with Crippen molar-refractivity contribution in [1.82, 2.24) is 5.32 Å². The van der Waals surface area contributed by atoms with Gasteiger partial charge in [-0.3, -0.25) is 9.59 Å². The summed E-state index contributed by atoms with van der Waals surface area (Å²) in [6, 6.07) is 7.53. The second-order valence-corrected chi connectivity index (χ2v) is 5.73. The Morgan fingerprint density at radius 2 is 2.16 bits per heavy atom. The lowest BCUT2D eigenvalue weighted by Crippen LogP contribution is -2.44. The van der Waals surface area contributed by atoms with Crippen LogP contribution in [-0.2, 0) is 16.0 Å². The van der Waals surface area contributed by atoms with E-state index in [1.807, 2.05) is 12.1 Å². The van der Waals surface area contributed by atoms with E-state index in [-0.39, 0.29) is 5.91 Å². The summed E-state index contributed by atoms with van der Waals surface area (Å²) in [6.07, 6.45) is 0.438. The number of aryl methyl sites for hydroxylation is 1. The number of hydrogen-bond acceptors (Lipinski definition) is 3. The first kappa shape index (κ1) is 13.5. The molecule has 1 aromatic carbocycles. The molecule has 0 radical (unpaired) electrons. The summed E-state index contributed by atoms with van der Waals surface area (Å²) in [5.41, 5.74) is 6.51. The lowest BCUT2D eigenvalue weighted by atomic mass is 10.1.